The van der Waals surface area contributed by atoms with Gasteiger partial charge in [-0.25, -0.2) is 4.98 Å². The fourth-order valence-corrected chi connectivity index (χ4v) is 2.88. The standard InChI is InChI=1S/C14H21ClN2/c1-2-13-8-4-3-5-10-17(13)14-12(11-15)7-6-9-16-14/h6-7,9,13H,2-5,8,10-11H2,1H3. The van der Waals surface area contributed by atoms with Crippen molar-refractivity contribution >= 4 is 17.4 Å². The third-order valence-electron chi connectivity index (χ3n) is 3.63. The molecule has 0 N–H and O–H groups in total. The predicted molar refractivity (Wildman–Crippen MR) is 73.7 cm³/mol. The fourth-order valence-electron chi connectivity index (χ4n) is 2.67. The van der Waals surface area contributed by atoms with Gasteiger partial charge in [-0.05, 0) is 25.3 Å². The molecular formula is C14H21ClN2. The summed E-state index contributed by atoms with van der Waals surface area (Å²) in [6.45, 7) is 3.39. The molecule has 1 saturated heterocycles. The molecule has 2 heterocycles. The zero-order valence-corrected chi connectivity index (χ0v) is 11.3. The number of rotatable bonds is 3. The van der Waals surface area contributed by atoms with Gasteiger partial charge in [0.1, 0.15) is 5.82 Å². The summed E-state index contributed by atoms with van der Waals surface area (Å²) in [6.07, 6.45) is 8.32. The molecule has 17 heavy (non-hydrogen) atoms. The smallest absolute Gasteiger partial charge is 0.133 e. The Labute approximate surface area is 109 Å². The number of anilines is 1. The fraction of sp³-hybridized carbons (Fsp3) is 0.643. The van der Waals surface area contributed by atoms with Crippen LogP contribution >= 0.6 is 11.6 Å². The van der Waals surface area contributed by atoms with Crippen LogP contribution in [0.25, 0.3) is 0 Å². The van der Waals surface area contributed by atoms with Crippen LogP contribution < -0.4 is 4.90 Å². The van der Waals surface area contributed by atoms with E-state index in [9.17, 15) is 0 Å². The Bertz CT molecular complexity index is 354. The van der Waals surface area contributed by atoms with Gasteiger partial charge in [0, 0.05) is 24.3 Å². The highest BCUT2D eigenvalue weighted by atomic mass is 35.5. The molecule has 2 rings (SSSR count). The number of hydrogen-bond acceptors (Lipinski definition) is 2. The Morgan fingerprint density at radius 1 is 1.41 bits per heavy atom. The second-order valence-electron chi connectivity index (χ2n) is 4.72. The van der Waals surface area contributed by atoms with Crippen LogP contribution in [0.4, 0.5) is 5.82 Å². The Balaban J connectivity index is 2.28. The van der Waals surface area contributed by atoms with Crippen LogP contribution in [-0.2, 0) is 5.88 Å². The monoisotopic (exact) mass is 252 g/mol. The SMILES string of the molecule is CCC1CCCCCN1c1ncccc1CCl. The minimum atomic E-state index is 0.552. The predicted octanol–water partition coefficient (Wildman–Crippen LogP) is 3.98. The number of nitrogens with zero attached hydrogens (tertiary/aromatic N) is 2. The summed E-state index contributed by atoms with van der Waals surface area (Å²) in [5.41, 5.74) is 1.16. The molecule has 1 fully saturated rings. The van der Waals surface area contributed by atoms with Crippen LogP contribution in [-0.4, -0.2) is 17.6 Å². The quantitative estimate of drug-likeness (QED) is 0.757. The maximum absolute atomic E-state index is 6.02. The van der Waals surface area contributed by atoms with E-state index in [0.29, 0.717) is 11.9 Å². The highest BCUT2D eigenvalue weighted by Gasteiger charge is 2.22. The molecule has 0 radical (unpaired) electrons. The van der Waals surface area contributed by atoms with Crippen LogP contribution in [0.15, 0.2) is 18.3 Å². The first-order chi connectivity index (χ1) is 8.36. The first kappa shape index (κ1) is 12.7. The second kappa shape index (κ2) is 6.25. The van der Waals surface area contributed by atoms with Gasteiger partial charge < -0.3 is 4.90 Å². The van der Waals surface area contributed by atoms with Crippen molar-refractivity contribution in [1.29, 1.82) is 0 Å². The van der Waals surface area contributed by atoms with Crippen molar-refractivity contribution in [1.82, 2.24) is 4.98 Å². The van der Waals surface area contributed by atoms with Crippen LogP contribution in [0.5, 0.6) is 0 Å². The van der Waals surface area contributed by atoms with Gasteiger partial charge in [0.05, 0.1) is 5.88 Å². The molecule has 1 aliphatic rings. The van der Waals surface area contributed by atoms with Crippen molar-refractivity contribution in [2.24, 2.45) is 0 Å². The highest BCUT2D eigenvalue weighted by molar-refractivity contribution is 6.17. The first-order valence-electron chi connectivity index (χ1n) is 6.63. The summed E-state index contributed by atoms with van der Waals surface area (Å²) in [7, 11) is 0. The number of aromatic nitrogens is 1. The van der Waals surface area contributed by atoms with Crippen LogP contribution in [0.2, 0.25) is 0 Å². The lowest BCUT2D eigenvalue weighted by molar-refractivity contribution is 0.551. The first-order valence-corrected chi connectivity index (χ1v) is 7.16. The van der Waals surface area contributed by atoms with Crippen molar-refractivity contribution < 1.29 is 0 Å². The summed E-state index contributed by atoms with van der Waals surface area (Å²) < 4.78 is 0. The second-order valence-corrected chi connectivity index (χ2v) is 4.99. The normalized spacial score (nSPS) is 21.3. The van der Waals surface area contributed by atoms with Gasteiger partial charge in [0.25, 0.3) is 0 Å². The van der Waals surface area contributed by atoms with Crippen molar-refractivity contribution in [2.75, 3.05) is 11.4 Å². The van der Waals surface area contributed by atoms with Crippen molar-refractivity contribution in [3.63, 3.8) is 0 Å². The largest absolute Gasteiger partial charge is 0.353 e. The molecule has 1 atom stereocenters. The molecule has 1 aromatic heterocycles. The molecule has 1 aliphatic heterocycles. The molecule has 3 heteroatoms. The lowest BCUT2D eigenvalue weighted by Gasteiger charge is -2.31. The Morgan fingerprint density at radius 3 is 3.06 bits per heavy atom. The molecule has 0 aliphatic carbocycles. The number of hydrogen-bond donors (Lipinski definition) is 0. The Hall–Kier alpha value is -0.760. The molecule has 0 spiro atoms. The topological polar surface area (TPSA) is 16.1 Å². The van der Waals surface area contributed by atoms with Gasteiger partial charge >= 0.3 is 0 Å². The van der Waals surface area contributed by atoms with E-state index in [-0.39, 0.29) is 0 Å². The number of halogens is 1. The summed E-state index contributed by atoms with van der Waals surface area (Å²) in [5.74, 6) is 1.66. The third-order valence-corrected chi connectivity index (χ3v) is 3.92. The van der Waals surface area contributed by atoms with Crippen molar-refractivity contribution in [3.05, 3.63) is 23.9 Å². The van der Waals surface area contributed by atoms with Gasteiger partial charge in [-0.2, -0.15) is 0 Å². The maximum atomic E-state index is 6.02. The minimum Gasteiger partial charge on any atom is -0.353 e. The van der Waals surface area contributed by atoms with E-state index in [1.165, 1.54) is 32.1 Å². The van der Waals surface area contributed by atoms with E-state index in [1.54, 1.807) is 0 Å². The lowest BCUT2D eigenvalue weighted by Crippen LogP contribution is -2.35. The molecule has 0 bridgehead atoms. The summed E-state index contributed by atoms with van der Waals surface area (Å²) in [5, 5.41) is 0. The molecule has 2 nitrogen and oxygen atoms in total. The van der Waals surface area contributed by atoms with E-state index in [0.717, 1.165) is 17.9 Å². The van der Waals surface area contributed by atoms with Gasteiger partial charge in [-0.1, -0.05) is 25.8 Å². The van der Waals surface area contributed by atoms with E-state index >= 15 is 0 Å². The van der Waals surface area contributed by atoms with Crippen LogP contribution in [0, 0.1) is 0 Å². The highest BCUT2D eigenvalue weighted by Crippen LogP contribution is 2.27. The van der Waals surface area contributed by atoms with E-state index < -0.39 is 0 Å². The van der Waals surface area contributed by atoms with Crippen LogP contribution in [0.3, 0.4) is 0 Å². The average Bonchev–Trinajstić information content (AvgIpc) is 2.63. The van der Waals surface area contributed by atoms with Crippen LogP contribution in [0.1, 0.15) is 44.6 Å². The van der Waals surface area contributed by atoms with Crippen molar-refractivity contribution in [3.8, 4) is 0 Å². The summed E-state index contributed by atoms with van der Waals surface area (Å²) >= 11 is 6.02. The average molecular weight is 253 g/mol. The molecule has 1 unspecified atom stereocenters. The molecule has 1 aromatic rings. The Morgan fingerprint density at radius 2 is 2.29 bits per heavy atom. The number of pyridine rings is 1. The maximum Gasteiger partial charge on any atom is 0.133 e. The van der Waals surface area contributed by atoms with Crippen molar-refractivity contribution in [2.45, 2.75) is 50.9 Å². The summed E-state index contributed by atoms with van der Waals surface area (Å²) in [4.78, 5) is 7.03. The third kappa shape index (κ3) is 2.92. The number of alkyl halides is 1. The zero-order valence-electron chi connectivity index (χ0n) is 10.5. The van der Waals surface area contributed by atoms with Gasteiger partial charge in [-0.3, -0.25) is 0 Å². The Kier molecular flexibility index (Phi) is 4.66. The molecule has 0 amide bonds. The zero-order chi connectivity index (χ0) is 12.1. The molecule has 0 saturated carbocycles. The minimum absolute atomic E-state index is 0.552. The van der Waals surface area contributed by atoms with E-state index in [4.69, 9.17) is 11.6 Å². The molecule has 94 valence electrons. The van der Waals surface area contributed by atoms with E-state index in [1.807, 2.05) is 12.3 Å². The lowest BCUT2D eigenvalue weighted by atomic mass is 10.1. The van der Waals surface area contributed by atoms with Gasteiger partial charge in [0.2, 0.25) is 0 Å². The molecule has 0 aromatic carbocycles. The van der Waals surface area contributed by atoms with E-state index in [2.05, 4.69) is 22.9 Å². The van der Waals surface area contributed by atoms with Gasteiger partial charge in [-0.15, -0.1) is 11.6 Å². The summed E-state index contributed by atoms with van der Waals surface area (Å²) in [6, 6.07) is 4.70. The van der Waals surface area contributed by atoms with Gasteiger partial charge in [0.15, 0.2) is 0 Å². The molecular weight excluding hydrogens is 232 g/mol.